The van der Waals surface area contributed by atoms with Crippen LogP contribution in [0.4, 0.5) is 8.78 Å². The molecule has 2 N–H and O–H groups in total. The van der Waals surface area contributed by atoms with Gasteiger partial charge in [-0.15, -0.1) is 10.2 Å². The summed E-state index contributed by atoms with van der Waals surface area (Å²) in [6, 6.07) is 1.30. The van der Waals surface area contributed by atoms with Crippen molar-refractivity contribution in [2.45, 2.75) is 18.3 Å². The fraction of sp³-hybridized carbons (Fsp3) is 0.273. The van der Waals surface area contributed by atoms with Gasteiger partial charge in [0.05, 0.1) is 11.5 Å². The molecule has 2 aromatic heterocycles. The Balaban J connectivity index is 2.10. The smallest absolute Gasteiger partial charge is 0.313 e. The molecule has 9 heteroatoms. The van der Waals surface area contributed by atoms with E-state index in [2.05, 4.69) is 15.2 Å². The molecule has 6 nitrogen and oxygen atoms in total. The Morgan fingerprint density at radius 2 is 2.05 bits per heavy atom. The third-order valence-electron chi connectivity index (χ3n) is 3.07. The number of hydrogen-bond acceptors (Lipinski definition) is 4. The zero-order valence-electron chi connectivity index (χ0n) is 9.78. The third-order valence-corrected chi connectivity index (χ3v) is 3.37. The Hall–Kier alpha value is -2.09. The highest BCUT2D eigenvalue weighted by Crippen LogP contribution is 2.57. The van der Waals surface area contributed by atoms with E-state index in [0.29, 0.717) is 0 Å². The van der Waals surface area contributed by atoms with Gasteiger partial charge >= 0.3 is 5.69 Å². The molecule has 2 aromatic rings. The fourth-order valence-corrected chi connectivity index (χ4v) is 2.14. The number of aromatic amines is 2. The van der Waals surface area contributed by atoms with Crippen molar-refractivity contribution in [2.75, 3.05) is 0 Å². The molecule has 0 amide bonds. The highest BCUT2D eigenvalue weighted by molar-refractivity contribution is 6.30. The van der Waals surface area contributed by atoms with Crippen LogP contribution in [-0.2, 0) is 0 Å². The van der Waals surface area contributed by atoms with Crippen LogP contribution in [0.3, 0.4) is 0 Å². The molecular formula is C11H7ClF2N4O2. The van der Waals surface area contributed by atoms with E-state index in [0.717, 1.165) is 6.20 Å². The molecule has 1 atom stereocenters. The van der Waals surface area contributed by atoms with Crippen molar-refractivity contribution >= 4 is 11.6 Å². The van der Waals surface area contributed by atoms with E-state index >= 15 is 0 Å². The minimum atomic E-state index is -2.80. The van der Waals surface area contributed by atoms with Gasteiger partial charge in [-0.25, -0.2) is 13.6 Å². The van der Waals surface area contributed by atoms with Gasteiger partial charge in [-0.1, -0.05) is 11.6 Å². The van der Waals surface area contributed by atoms with E-state index in [1.54, 1.807) is 0 Å². The Labute approximate surface area is 114 Å². The van der Waals surface area contributed by atoms with Crippen molar-refractivity contribution in [3.63, 3.8) is 0 Å². The first-order valence-corrected chi connectivity index (χ1v) is 5.99. The summed E-state index contributed by atoms with van der Waals surface area (Å²) >= 11 is 5.76. The van der Waals surface area contributed by atoms with Crippen molar-refractivity contribution in [3.8, 4) is 11.3 Å². The molecular weight excluding hydrogens is 294 g/mol. The molecule has 104 valence electrons. The van der Waals surface area contributed by atoms with E-state index in [9.17, 15) is 18.4 Å². The first-order chi connectivity index (χ1) is 9.38. The van der Waals surface area contributed by atoms with Gasteiger partial charge in [-0.3, -0.25) is 9.78 Å². The van der Waals surface area contributed by atoms with Gasteiger partial charge in [-0.05, 0) is 6.07 Å². The lowest BCUT2D eigenvalue weighted by Crippen LogP contribution is -2.23. The fourth-order valence-electron chi connectivity index (χ4n) is 1.92. The predicted molar refractivity (Wildman–Crippen MR) is 66.0 cm³/mol. The maximum atomic E-state index is 13.1. The minimum absolute atomic E-state index is 0.0268. The van der Waals surface area contributed by atoms with Crippen molar-refractivity contribution < 1.29 is 8.78 Å². The first-order valence-electron chi connectivity index (χ1n) is 5.62. The number of rotatable bonds is 2. The van der Waals surface area contributed by atoms with Crippen LogP contribution in [0.15, 0.2) is 21.9 Å². The lowest BCUT2D eigenvalue weighted by atomic mass is 10.1. The summed E-state index contributed by atoms with van der Waals surface area (Å²) < 4.78 is 26.2. The molecule has 3 rings (SSSR count). The summed E-state index contributed by atoms with van der Waals surface area (Å²) in [6.07, 6.45) is 0.841. The molecule has 0 bridgehead atoms. The number of halogens is 3. The average molecular weight is 301 g/mol. The summed E-state index contributed by atoms with van der Waals surface area (Å²) in [7, 11) is 0. The topological polar surface area (TPSA) is 91.5 Å². The molecule has 0 aromatic carbocycles. The molecule has 0 spiro atoms. The van der Waals surface area contributed by atoms with Crippen molar-refractivity contribution in [1.29, 1.82) is 0 Å². The van der Waals surface area contributed by atoms with Crippen LogP contribution in [0, 0.1) is 0 Å². The van der Waals surface area contributed by atoms with Gasteiger partial charge in [0.15, 0.2) is 5.15 Å². The normalized spacial score (nSPS) is 19.9. The highest BCUT2D eigenvalue weighted by atomic mass is 35.5. The molecule has 0 saturated heterocycles. The summed E-state index contributed by atoms with van der Waals surface area (Å²) in [4.78, 5) is 26.8. The molecule has 0 aliphatic heterocycles. The molecule has 1 saturated carbocycles. The average Bonchev–Trinajstić information content (AvgIpc) is 2.99. The molecule has 1 fully saturated rings. The zero-order chi connectivity index (χ0) is 14.5. The van der Waals surface area contributed by atoms with Crippen molar-refractivity contribution in [2.24, 2.45) is 0 Å². The van der Waals surface area contributed by atoms with Crippen LogP contribution in [0.25, 0.3) is 11.3 Å². The second-order valence-corrected chi connectivity index (χ2v) is 4.84. The number of hydrogen-bond donors (Lipinski definition) is 2. The summed E-state index contributed by atoms with van der Waals surface area (Å²) in [5.74, 6) is -3.81. The number of aromatic nitrogens is 4. The van der Waals surface area contributed by atoms with Crippen LogP contribution >= 0.6 is 11.6 Å². The predicted octanol–water partition coefficient (Wildman–Crippen LogP) is 1.30. The summed E-state index contributed by atoms with van der Waals surface area (Å²) in [5.41, 5.74) is -1.11. The van der Waals surface area contributed by atoms with Crippen LogP contribution in [0.5, 0.6) is 0 Å². The summed E-state index contributed by atoms with van der Waals surface area (Å²) in [5, 5.41) is 7.16. The number of alkyl halides is 2. The first kappa shape index (κ1) is 12.9. The molecule has 1 aliphatic carbocycles. The number of nitrogens with zero attached hydrogens (tertiary/aromatic N) is 2. The standard InChI is InChI=1S/C11H7ClF2N4O2/c12-8-4(6-2-11(6,13)14)1-7(17-18-8)5-3-15-10(20)16-9(5)19/h1,3,6H,2H2,(H2,15,16,19,20)/t6-/m1/s1. The molecule has 0 unspecified atom stereocenters. The largest absolute Gasteiger partial charge is 0.325 e. The van der Waals surface area contributed by atoms with E-state index in [1.807, 2.05) is 4.98 Å². The zero-order valence-corrected chi connectivity index (χ0v) is 10.5. The van der Waals surface area contributed by atoms with Gasteiger partial charge < -0.3 is 4.98 Å². The van der Waals surface area contributed by atoms with Crippen molar-refractivity contribution in [3.05, 3.63) is 43.8 Å². The van der Waals surface area contributed by atoms with E-state index in [1.165, 1.54) is 6.07 Å². The lowest BCUT2D eigenvalue weighted by Gasteiger charge is -2.04. The van der Waals surface area contributed by atoms with Gasteiger partial charge in [0, 0.05) is 18.2 Å². The Morgan fingerprint density at radius 3 is 2.65 bits per heavy atom. The quantitative estimate of drug-likeness (QED) is 0.874. The monoisotopic (exact) mass is 300 g/mol. The molecule has 0 radical (unpaired) electrons. The van der Waals surface area contributed by atoms with E-state index < -0.39 is 23.1 Å². The van der Waals surface area contributed by atoms with Gasteiger partial charge in [0.2, 0.25) is 0 Å². The summed E-state index contributed by atoms with van der Waals surface area (Å²) in [6.45, 7) is 0. The van der Waals surface area contributed by atoms with Gasteiger partial charge in [0.1, 0.15) is 5.69 Å². The molecule has 1 aliphatic rings. The van der Waals surface area contributed by atoms with Crippen LogP contribution in [0.1, 0.15) is 17.9 Å². The molecule has 2 heterocycles. The highest BCUT2D eigenvalue weighted by Gasteiger charge is 2.58. The van der Waals surface area contributed by atoms with E-state index in [-0.39, 0.29) is 28.4 Å². The van der Waals surface area contributed by atoms with Crippen molar-refractivity contribution in [1.82, 2.24) is 20.2 Å². The van der Waals surface area contributed by atoms with Crippen LogP contribution in [0.2, 0.25) is 5.15 Å². The maximum Gasteiger partial charge on any atom is 0.325 e. The SMILES string of the molecule is O=c1[nH]cc(-c2cc([C@H]3CC3(F)F)c(Cl)nn2)c(=O)[nH]1. The Morgan fingerprint density at radius 1 is 1.35 bits per heavy atom. The molecule has 20 heavy (non-hydrogen) atoms. The maximum absolute atomic E-state index is 13.1. The Kier molecular flexibility index (Phi) is 2.72. The lowest BCUT2D eigenvalue weighted by molar-refractivity contribution is 0.112. The van der Waals surface area contributed by atoms with E-state index in [4.69, 9.17) is 11.6 Å². The van der Waals surface area contributed by atoms with Gasteiger partial charge in [-0.2, -0.15) is 0 Å². The van der Waals surface area contributed by atoms with Crippen LogP contribution < -0.4 is 11.2 Å². The Bertz CT molecular complexity index is 801. The minimum Gasteiger partial charge on any atom is -0.313 e. The number of H-pyrrole nitrogens is 2. The number of nitrogens with one attached hydrogen (secondary N) is 2. The third kappa shape index (κ3) is 2.11. The second kappa shape index (κ2) is 4.20. The van der Waals surface area contributed by atoms with Crippen LogP contribution in [-0.4, -0.2) is 26.1 Å². The van der Waals surface area contributed by atoms with Gasteiger partial charge in [0.25, 0.3) is 11.5 Å². The second-order valence-electron chi connectivity index (χ2n) is 4.48.